The van der Waals surface area contributed by atoms with Gasteiger partial charge in [0.25, 0.3) is 0 Å². The van der Waals surface area contributed by atoms with Gasteiger partial charge in [-0.3, -0.25) is 4.57 Å². The van der Waals surface area contributed by atoms with Crippen molar-refractivity contribution < 1.29 is 4.74 Å². The lowest BCUT2D eigenvalue weighted by molar-refractivity contribution is 0.442. The minimum atomic E-state index is -0.585. The van der Waals surface area contributed by atoms with Crippen LogP contribution in [0.3, 0.4) is 0 Å². The van der Waals surface area contributed by atoms with E-state index in [-0.39, 0.29) is 0 Å². The Morgan fingerprint density at radius 2 is 0.964 bits per heavy atom. The molecule has 0 radical (unpaired) electrons. The SMILES string of the molecule is c1ccc(-c2nc(-c3ccccc3)nc(-n3c4ccc5c(c4c4c6ccccc6ccc43)Oc3ccccc3C53c4ccccc4-c4ccccc43)n2)cc1. The molecule has 3 heterocycles. The zero-order valence-corrected chi connectivity index (χ0v) is 29.5. The first-order chi connectivity index (χ1) is 27.3. The van der Waals surface area contributed by atoms with E-state index in [1.54, 1.807) is 0 Å². The average molecular weight is 703 g/mol. The predicted octanol–water partition coefficient (Wildman–Crippen LogP) is 11.9. The summed E-state index contributed by atoms with van der Waals surface area (Å²) >= 11 is 0. The third-order valence-electron chi connectivity index (χ3n) is 11.5. The molecule has 1 spiro atoms. The van der Waals surface area contributed by atoms with Crippen LogP contribution >= 0.6 is 0 Å². The van der Waals surface area contributed by atoms with Crippen molar-refractivity contribution >= 4 is 32.6 Å². The first-order valence-corrected chi connectivity index (χ1v) is 18.6. The van der Waals surface area contributed by atoms with E-state index >= 15 is 0 Å². The normalized spacial score (nSPS) is 13.4. The van der Waals surface area contributed by atoms with Crippen LogP contribution in [0.1, 0.15) is 22.3 Å². The van der Waals surface area contributed by atoms with Gasteiger partial charge in [-0.15, -0.1) is 0 Å². The molecule has 5 nitrogen and oxygen atoms in total. The Hall–Kier alpha value is -7.37. The molecule has 0 saturated carbocycles. The molecule has 55 heavy (non-hydrogen) atoms. The zero-order valence-electron chi connectivity index (χ0n) is 29.5. The molecule has 12 rings (SSSR count). The molecule has 256 valence electrons. The Balaban J connectivity index is 1.24. The van der Waals surface area contributed by atoms with Crippen molar-refractivity contribution in [2.24, 2.45) is 0 Å². The fourth-order valence-electron chi connectivity index (χ4n) is 9.29. The molecule has 5 heteroatoms. The number of benzene rings is 8. The van der Waals surface area contributed by atoms with Crippen molar-refractivity contribution in [1.29, 1.82) is 0 Å². The van der Waals surface area contributed by atoms with Crippen LogP contribution in [0.15, 0.2) is 182 Å². The fraction of sp³-hybridized carbons (Fsp3) is 0.0200. The molecule has 2 aliphatic rings. The lowest BCUT2D eigenvalue weighted by Gasteiger charge is -2.39. The molecular formula is C50H30N4O. The molecule has 0 unspecified atom stereocenters. The summed E-state index contributed by atoms with van der Waals surface area (Å²) in [6.07, 6.45) is 0. The van der Waals surface area contributed by atoms with Crippen LogP contribution in [0.4, 0.5) is 0 Å². The summed E-state index contributed by atoms with van der Waals surface area (Å²) in [5.74, 6) is 3.48. The molecule has 2 aromatic heterocycles. The number of ether oxygens (including phenoxy) is 1. The summed E-state index contributed by atoms with van der Waals surface area (Å²) in [6.45, 7) is 0. The zero-order chi connectivity index (χ0) is 36.1. The van der Waals surface area contributed by atoms with Crippen LogP contribution in [0.2, 0.25) is 0 Å². The van der Waals surface area contributed by atoms with Crippen LogP contribution < -0.4 is 4.74 Å². The lowest BCUT2D eigenvalue weighted by Crippen LogP contribution is -2.32. The Morgan fingerprint density at radius 1 is 0.418 bits per heavy atom. The van der Waals surface area contributed by atoms with Gasteiger partial charge in [-0.25, -0.2) is 4.98 Å². The number of aromatic nitrogens is 4. The standard InChI is InChI=1S/C50H30N4O/c1-3-16-32(17-4-1)47-51-48(33-18-5-2-6-19-33)53-49(52-47)54-41-29-27-31-15-7-8-20-34(31)44(41)45-42(54)30-28-40-46(45)55-43-26-14-13-25-39(43)50(40)37-23-11-9-21-35(37)36-22-10-12-24-38(36)50/h1-30H. The van der Waals surface area contributed by atoms with Crippen LogP contribution in [0, 0.1) is 0 Å². The smallest absolute Gasteiger partial charge is 0.238 e. The number of hydrogen-bond donors (Lipinski definition) is 0. The van der Waals surface area contributed by atoms with E-state index in [1.165, 1.54) is 22.3 Å². The highest BCUT2D eigenvalue weighted by molar-refractivity contribution is 6.23. The molecular weight excluding hydrogens is 673 g/mol. The summed E-state index contributed by atoms with van der Waals surface area (Å²) in [5, 5.41) is 4.42. The largest absolute Gasteiger partial charge is 0.456 e. The number of nitrogens with zero attached hydrogens (tertiary/aromatic N) is 4. The maximum atomic E-state index is 7.23. The molecule has 8 aromatic carbocycles. The van der Waals surface area contributed by atoms with Crippen LogP contribution in [0.25, 0.3) is 72.4 Å². The van der Waals surface area contributed by atoms with E-state index in [1.807, 2.05) is 60.7 Å². The van der Waals surface area contributed by atoms with Gasteiger partial charge in [0.05, 0.1) is 21.8 Å². The molecule has 0 bridgehead atoms. The monoisotopic (exact) mass is 702 g/mol. The Bertz CT molecular complexity index is 3080. The summed E-state index contributed by atoms with van der Waals surface area (Å²) in [5.41, 5.74) is 10.5. The summed E-state index contributed by atoms with van der Waals surface area (Å²) in [4.78, 5) is 15.5. The Kier molecular flexibility index (Phi) is 6.20. The third-order valence-corrected chi connectivity index (χ3v) is 11.5. The first kappa shape index (κ1) is 30.1. The highest BCUT2D eigenvalue weighted by Gasteiger charge is 2.51. The van der Waals surface area contributed by atoms with Crippen molar-refractivity contribution in [2.75, 3.05) is 0 Å². The van der Waals surface area contributed by atoms with E-state index in [0.29, 0.717) is 17.6 Å². The van der Waals surface area contributed by atoms with Crippen molar-refractivity contribution in [2.45, 2.75) is 5.41 Å². The molecule has 1 aliphatic heterocycles. The van der Waals surface area contributed by atoms with Crippen LogP contribution in [-0.4, -0.2) is 19.5 Å². The van der Waals surface area contributed by atoms with Crippen LogP contribution in [-0.2, 0) is 5.41 Å². The van der Waals surface area contributed by atoms with Gasteiger partial charge >= 0.3 is 0 Å². The van der Waals surface area contributed by atoms with Gasteiger partial charge in [0.15, 0.2) is 11.6 Å². The van der Waals surface area contributed by atoms with E-state index in [4.69, 9.17) is 19.7 Å². The number of fused-ring (bicyclic) bond motifs is 15. The minimum Gasteiger partial charge on any atom is -0.456 e. The minimum absolute atomic E-state index is 0.547. The van der Waals surface area contributed by atoms with Crippen molar-refractivity contribution in [3.05, 3.63) is 204 Å². The molecule has 1 aliphatic carbocycles. The average Bonchev–Trinajstić information content (AvgIpc) is 3.76. The van der Waals surface area contributed by atoms with Gasteiger partial charge in [-0.2, -0.15) is 9.97 Å². The molecule has 0 fully saturated rings. The molecule has 10 aromatic rings. The maximum absolute atomic E-state index is 7.23. The fourth-order valence-corrected chi connectivity index (χ4v) is 9.29. The molecule has 0 atom stereocenters. The quantitative estimate of drug-likeness (QED) is 0.184. The highest BCUT2D eigenvalue weighted by Crippen LogP contribution is 2.63. The van der Waals surface area contributed by atoms with Gasteiger partial charge in [-0.1, -0.05) is 164 Å². The second-order valence-electron chi connectivity index (χ2n) is 14.3. The summed E-state index contributed by atoms with van der Waals surface area (Å²) in [7, 11) is 0. The summed E-state index contributed by atoms with van der Waals surface area (Å²) < 4.78 is 9.43. The maximum Gasteiger partial charge on any atom is 0.238 e. The second kappa shape index (κ2) is 11.3. The van der Waals surface area contributed by atoms with E-state index in [0.717, 1.165) is 66.3 Å². The van der Waals surface area contributed by atoms with E-state index < -0.39 is 5.41 Å². The van der Waals surface area contributed by atoms with Crippen molar-refractivity contribution in [3.63, 3.8) is 0 Å². The van der Waals surface area contributed by atoms with Crippen LogP contribution in [0.5, 0.6) is 11.5 Å². The van der Waals surface area contributed by atoms with Gasteiger partial charge in [0, 0.05) is 27.6 Å². The van der Waals surface area contributed by atoms with Gasteiger partial charge < -0.3 is 4.74 Å². The number of hydrogen-bond acceptors (Lipinski definition) is 4. The van der Waals surface area contributed by atoms with Gasteiger partial charge in [0.2, 0.25) is 5.95 Å². The van der Waals surface area contributed by atoms with Gasteiger partial charge in [-0.05, 0) is 51.2 Å². The first-order valence-electron chi connectivity index (χ1n) is 18.6. The van der Waals surface area contributed by atoms with Crippen molar-refractivity contribution in [3.8, 4) is 51.3 Å². The highest BCUT2D eigenvalue weighted by atomic mass is 16.5. The van der Waals surface area contributed by atoms with E-state index in [9.17, 15) is 0 Å². The molecule has 0 amide bonds. The summed E-state index contributed by atoms with van der Waals surface area (Å²) in [6, 6.07) is 64.1. The Labute approximate surface area is 316 Å². The Morgan fingerprint density at radius 3 is 1.65 bits per heavy atom. The van der Waals surface area contributed by atoms with E-state index in [2.05, 4.69) is 126 Å². The molecule has 0 N–H and O–H groups in total. The number of rotatable bonds is 3. The lowest BCUT2D eigenvalue weighted by atomic mass is 9.66. The number of para-hydroxylation sites is 1. The molecule has 0 saturated heterocycles. The van der Waals surface area contributed by atoms with Gasteiger partial charge in [0.1, 0.15) is 11.5 Å². The topological polar surface area (TPSA) is 52.8 Å². The predicted molar refractivity (Wildman–Crippen MR) is 220 cm³/mol. The second-order valence-corrected chi connectivity index (χ2v) is 14.3. The third kappa shape index (κ3) is 4.09. The van der Waals surface area contributed by atoms with Crippen molar-refractivity contribution in [1.82, 2.24) is 19.5 Å².